The number of piperazine rings is 1. The van der Waals surface area contributed by atoms with Gasteiger partial charge in [-0.3, -0.25) is 9.69 Å². The predicted molar refractivity (Wildman–Crippen MR) is 118 cm³/mol. The Kier molecular flexibility index (Phi) is 6.96. The van der Waals surface area contributed by atoms with Crippen LogP contribution in [0.2, 0.25) is 0 Å². The molecular formula is C25H33N3O. The van der Waals surface area contributed by atoms with Gasteiger partial charge in [-0.05, 0) is 24.0 Å². The first-order chi connectivity index (χ1) is 14.3. The first kappa shape index (κ1) is 20.1. The van der Waals surface area contributed by atoms with E-state index in [1.807, 2.05) is 36.4 Å². The summed E-state index contributed by atoms with van der Waals surface area (Å²) in [5.74, 6) is 0.126. The molecule has 2 fully saturated rings. The minimum Gasteiger partial charge on any atom is -0.345 e. The maximum absolute atomic E-state index is 12.8. The van der Waals surface area contributed by atoms with Gasteiger partial charge in [0.15, 0.2) is 0 Å². The molecule has 0 radical (unpaired) electrons. The first-order valence-electron chi connectivity index (χ1n) is 11.2. The van der Waals surface area contributed by atoms with Crippen molar-refractivity contribution < 1.29 is 4.79 Å². The van der Waals surface area contributed by atoms with E-state index >= 15 is 0 Å². The molecule has 4 rings (SSSR count). The standard InChI is InChI=1S/C25H33N3O/c29-24(15-16-27-17-19-28(20-18-27)23-13-7-8-14-23)26-25(21-9-3-1-4-10-21)22-11-5-2-6-12-22/h1-6,9-12,23,25H,7-8,13-20H2,(H,26,29). The molecule has 1 heterocycles. The average molecular weight is 392 g/mol. The molecule has 1 aliphatic heterocycles. The molecule has 1 aliphatic carbocycles. The number of hydrogen-bond acceptors (Lipinski definition) is 3. The van der Waals surface area contributed by atoms with Crippen molar-refractivity contribution in [2.75, 3.05) is 32.7 Å². The van der Waals surface area contributed by atoms with E-state index in [2.05, 4.69) is 39.4 Å². The zero-order chi connectivity index (χ0) is 19.9. The molecule has 1 saturated carbocycles. The van der Waals surface area contributed by atoms with Crippen LogP contribution in [0.5, 0.6) is 0 Å². The smallest absolute Gasteiger partial charge is 0.222 e. The Morgan fingerprint density at radius 3 is 1.97 bits per heavy atom. The third-order valence-electron chi connectivity index (χ3n) is 6.47. The fraction of sp³-hybridized carbons (Fsp3) is 0.480. The summed E-state index contributed by atoms with van der Waals surface area (Å²) in [4.78, 5) is 17.9. The Morgan fingerprint density at radius 2 is 1.41 bits per heavy atom. The van der Waals surface area contributed by atoms with Gasteiger partial charge in [-0.15, -0.1) is 0 Å². The predicted octanol–water partition coefficient (Wildman–Crippen LogP) is 3.84. The van der Waals surface area contributed by atoms with Crippen LogP contribution >= 0.6 is 0 Å². The minimum atomic E-state index is -0.0934. The van der Waals surface area contributed by atoms with Crippen LogP contribution < -0.4 is 5.32 Å². The van der Waals surface area contributed by atoms with E-state index in [-0.39, 0.29) is 11.9 Å². The highest BCUT2D eigenvalue weighted by atomic mass is 16.1. The maximum atomic E-state index is 12.8. The van der Waals surface area contributed by atoms with Gasteiger partial charge >= 0.3 is 0 Å². The minimum absolute atomic E-state index is 0.0934. The Morgan fingerprint density at radius 1 is 0.862 bits per heavy atom. The quantitative estimate of drug-likeness (QED) is 0.779. The second-order valence-corrected chi connectivity index (χ2v) is 8.39. The van der Waals surface area contributed by atoms with Gasteiger partial charge in [0.2, 0.25) is 5.91 Å². The zero-order valence-electron chi connectivity index (χ0n) is 17.3. The van der Waals surface area contributed by atoms with Gasteiger partial charge in [0, 0.05) is 45.2 Å². The van der Waals surface area contributed by atoms with Gasteiger partial charge in [-0.25, -0.2) is 0 Å². The van der Waals surface area contributed by atoms with E-state index in [1.54, 1.807) is 0 Å². The van der Waals surface area contributed by atoms with Gasteiger partial charge < -0.3 is 10.2 Å². The van der Waals surface area contributed by atoms with E-state index in [1.165, 1.54) is 25.7 Å². The number of rotatable bonds is 7. The summed E-state index contributed by atoms with van der Waals surface area (Å²) >= 11 is 0. The van der Waals surface area contributed by atoms with Crippen LogP contribution in [-0.2, 0) is 4.79 Å². The summed E-state index contributed by atoms with van der Waals surface area (Å²) in [7, 11) is 0. The third-order valence-corrected chi connectivity index (χ3v) is 6.47. The Hall–Kier alpha value is -2.17. The van der Waals surface area contributed by atoms with Crippen molar-refractivity contribution in [3.8, 4) is 0 Å². The van der Waals surface area contributed by atoms with Crippen molar-refractivity contribution >= 4 is 5.91 Å². The summed E-state index contributed by atoms with van der Waals surface area (Å²) in [6.07, 6.45) is 6.11. The largest absolute Gasteiger partial charge is 0.345 e. The van der Waals surface area contributed by atoms with Crippen LogP contribution in [-0.4, -0.2) is 54.5 Å². The molecule has 154 valence electrons. The molecule has 0 spiro atoms. The van der Waals surface area contributed by atoms with Crippen molar-refractivity contribution in [2.24, 2.45) is 0 Å². The van der Waals surface area contributed by atoms with E-state index in [0.717, 1.165) is 49.9 Å². The molecule has 0 aromatic heterocycles. The van der Waals surface area contributed by atoms with E-state index in [9.17, 15) is 4.79 Å². The summed E-state index contributed by atoms with van der Waals surface area (Å²) in [5, 5.41) is 3.27. The lowest BCUT2D eigenvalue weighted by atomic mass is 9.98. The SMILES string of the molecule is O=C(CCN1CCN(C2CCCC2)CC1)NC(c1ccccc1)c1ccccc1. The summed E-state index contributed by atoms with van der Waals surface area (Å²) in [6.45, 7) is 5.34. The lowest BCUT2D eigenvalue weighted by Crippen LogP contribution is -2.50. The van der Waals surface area contributed by atoms with Crippen molar-refractivity contribution in [2.45, 2.75) is 44.2 Å². The number of amides is 1. The molecule has 1 N–H and O–H groups in total. The van der Waals surface area contributed by atoms with Crippen LogP contribution in [0, 0.1) is 0 Å². The van der Waals surface area contributed by atoms with E-state index in [4.69, 9.17) is 0 Å². The number of benzene rings is 2. The van der Waals surface area contributed by atoms with Crippen molar-refractivity contribution in [3.05, 3.63) is 71.8 Å². The fourth-order valence-corrected chi connectivity index (χ4v) is 4.76. The van der Waals surface area contributed by atoms with Gasteiger partial charge in [-0.2, -0.15) is 0 Å². The molecular weight excluding hydrogens is 358 g/mol. The lowest BCUT2D eigenvalue weighted by molar-refractivity contribution is -0.122. The van der Waals surface area contributed by atoms with Crippen LogP contribution in [0.4, 0.5) is 0 Å². The van der Waals surface area contributed by atoms with Crippen molar-refractivity contribution in [1.29, 1.82) is 0 Å². The summed E-state index contributed by atoms with van der Waals surface area (Å²) < 4.78 is 0. The first-order valence-corrected chi connectivity index (χ1v) is 11.2. The van der Waals surface area contributed by atoms with Gasteiger partial charge in [0.1, 0.15) is 0 Å². The highest BCUT2D eigenvalue weighted by Crippen LogP contribution is 2.24. The summed E-state index contributed by atoms with van der Waals surface area (Å²) in [5.41, 5.74) is 2.24. The highest BCUT2D eigenvalue weighted by Gasteiger charge is 2.26. The normalized spacial score (nSPS) is 18.9. The number of nitrogens with one attached hydrogen (secondary N) is 1. The van der Waals surface area contributed by atoms with Crippen LogP contribution in [0.25, 0.3) is 0 Å². The molecule has 4 nitrogen and oxygen atoms in total. The second-order valence-electron chi connectivity index (χ2n) is 8.39. The highest BCUT2D eigenvalue weighted by molar-refractivity contribution is 5.77. The topological polar surface area (TPSA) is 35.6 Å². The maximum Gasteiger partial charge on any atom is 0.222 e. The van der Waals surface area contributed by atoms with Gasteiger partial charge in [0.05, 0.1) is 6.04 Å². The molecule has 4 heteroatoms. The number of hydrogen-bond donors (Lipinski definition) is 1. The average Bonchev–Trinajstić information content (AvgIpc) is 3.33. The number of carbonyl (C=O) groups is 1. The van der Waals surface area contributed by atoms with Gasteiger partial charge in [-0.1, -0.05) is 73.5 Å². The Bertz CT molecular complexity index is 711. The van der Waals surface area contributed by atoms with Crippen molar-refractivity contribution in [1.82, 2.24) is 15.1 Å². The van der Waals surface area contributed by atoms with Crippen LogP contribution in [0.15, 0.2) is 60.7 Å². The Labute approximate surface area is 174 Å². The third kappa shape index (κ3) is 5.46. The molecule has 1 amide bonds. The molecule has 0 atom stereocenters. The molecule has 0 unspecified atom stereocenters. The molecule has 2 aliphatic rings. The van der Waals surface area contributed by atoms with E-state index in [0.29, 0.717) is 6.42 Å². The van der Waals surface area contributed by atoms with E-state index < -0.39 is 0 Å². The summed E-state index contributed by atoms with van der Waals surface area (Å²) in [6, 6.07) is 21.2. The monoisotopic (exact) mass is 391 g/mol. The molecule has 2 aromatic carbocycles. The van der Waals surface area contributed by atoms with Crippen LogP contribution in [0.1, 0.15) is 49.3 Å². The zero-order valence-corrected chi connectivity index (χ0v) is 17.3. The molecule has 1 saturated heterocycles. The van der Waals surface area contributed by atoms with Crippen molar-refractivity contribution in [3.63, 3.8) is 0 Å². The number of nitrogens with zero attached hydrogens (tertiary/aromatic N) is 2. The molecule has 0 bridgehead atoms. The molecule has 2 aromatic rings. The van der Waals surface area contributed by atoms with Crippen LogP contribution in [0.3, 0.4) is 0 Å². The Balaban J connectivity index is 1.29. The number of carbonyl (C=O) groups excluding carboxylic acids is 1. The molecule has 29 heavy (non-hydrogen) atoms. The second kappa shape index (κ2) is 10.0. The van der Waals surface area contributed by atoms with Gasteiger partial charge in [0.25, 0.3) is 0 Å². The fourth-order valence-electron chi connectivity index (χ4n) is 4.76. The lowest BCUT2D eigenvalue weighted by Gasteiger charge is -2.38.